The van der Waals surface area contributed by atoms with E-state index >= 15 is 0 Å². The standard InChI is InChI=1S/C21H22Cl2N6O7S2/c1-3-36-17(31)11-27(16(30)10-28-9-12(2)18(32)24-20(28)33)6-7-29(38(34)35)21-26-25-19(37-21)14-8-13(22)4-5-15(14)23/h4-5,8-9H,3,6-7,10-11H2,1-2H3,(H,34,35)(H,24,32,33). The molecule has 1 aromatic carbocycles. The Kier molecular flexibility index (Phi) is 10.2. The van der Waals surface area contributed by atoms with Gasteiger partial charge in [-0.05, 0) is 32.0 Å². The van der Waals surface area contributed by atoms with E-state index in [4.69, 9.17) is 27.9 Å². The number of nitrogens with one attached hydrogen (secondary N) is 1. The summed E-state index contributed by atoms with van der Waals surface area (Å²) in [5, 5.41) is 9.14. The molecular formula is C21H22Cl2N6O7S2. The van der Waals surface area contributed by atoms with Crippen LogP contribution in [0.3, 0.4) is 0 Å². The zero-order valence-corrected chi connectivity index (χ0v) is 23.2. The number of aromatic amines is 1. The second-order valence-corrected chi connectivity index (χ2v) is 10.4. The smallest absolute Gasteiger partial charge is 0.328 e. The zero-order chi connectivity index (χ0) is 28.0. The van der Waals surface area contributed by atoms with E-state index in [1.54, 1.807) is 25.1 Å². The monoisotopic (exact) mass is 604 g/mol. The SMILES string of the molecule is CCOC(=O)CN(CCN(c1nnc(-c2cc(Cl)ccc2Cl)s1)S(=O)O)C(=O)Cn1cc(C)c(=O)[nH]c1=O. The quantitative estimate of drug-likeness (QED) is 0.244. The van der Waals surface area contributed by atoms with E-state index in [-0.39, 0.29) is 30.4 Å². The average molecular weight is 605 g/mol. The predicted octanol–water partition coefficient (Wildman–Crippen LogP) is 1.71. The van der Waals surface area contributed by atoms with E-state index in [0.717, 1.165) is 25.1 Å². The largest absolute Gasteiger partial charge is 0.465 e. The number of aryl methyl sites for hydroxylation is 1. The van der Waals surface area contributed by atoms with Crippen molar-refractivity contribution in [1.29, 1.82) is 0 Å². The maximum absolute atomic E-state index is 13.0. The van der Waals surface area contributed by atoms with Crippen LogP contribution in [0.15, 0.2) is 34.0 Å². The summed E-state index contributed by atoms with van der Waals surface area (Å²) in [6.07, 6.45) is 1.22. The third-order valence-corrected chi connectivity index (χ3v) is 7.41. The molecule has 0 aliphatic heterocycles. The maximum Gasteiger partial charge on any atom is 0.328 e. The molecule has 0 radical (unpaired) electrons. The topological polar surface area (TPSA) is 168 Å². The first-order valence-corrected chi connectivity index (χ1v) is 13.5. The fraction of sp³-hybridized carbons (Fsp3) is 0.333. The van der Waals surface area contributed by atoms with Crippen LogP contribution in [-0.2, 0) is 32.1 Å². The number of amides is 1. The second kappa shape index (κ2) is 13.1. The highest BCUT2D eigenvalue weighted by molar-refractivity contribution is 7.81. The Balaban J connectivity index is 1.82. The summed E-state index contributed by atoms with van der Waals surface area (Å²) in [5.74, 6) is -1.38. The summed E-state index contributed by atoms with van der Waals surface area (Å²) in [6.45, 7) is 1.73. The molecule has 2 N–H and O–H groups in total. The van der Waals surface area contributed by atoms with Crippen LogP contribution in [0, 0.1) is 6.92 Å². The van der Waals surface area contributed by atoms with Gasteiger partial charge in [-0.2, -0.15) is 0 Å². The summed E-state index contributed by atoms with van der Waals surface area (Å²) >= 11 is 10.7. The number of aromatic nitrogens is 4. The van der Waals surface area contributed by atoms with Gasteiger partial charge in [0.15, 0.2) is 5.01 Å². The molecule has 204 valence electrons. The van der Waals surface area contributed by atoms with Crippen LogP contribution in [0.25, 0.3) is 10.6 Å². The number of halogens is 2. The van der Waals surface area contributed by atoms with Gasteiger partial charge in [0.05, 0.1) is 18.2 Å². The number of benzene rings is 1. The first kappa shape index (κ1) is 29.4. The van der Waals surface area contributed by atoms with Crippen molar-refractivity contribution in [3.05, 3.63) is 60.8 Å². The third-order valence-electron chi connectivity index (χ3n) is 5.02. The number of anilines is 1. The number of H-pyrrole nitrogens is 1. The summed E-state index contributed by atoms with van der Waals surface area (Å²) in [6, 6.07) is 4.76. The normalized spacial score (nSPS) is 11.7. The number of esters is 1. The Bertz CT molecular complexity index is 1470. The molecule has 38 heavy (non-hydrogen) atoms. The van der Waals surface area contributed by atoms with E-state index in [0.29, 0.717) is 20.6 Å². The summed E-state index contributed by atoms with van der Waals surface area (Å²) in [5.41, 5.74) is -0.696. The van der Waals surface area contributed by atoms with E-state index in [1.807, 2.05) is 0 Å². The minimum absolute atomic E-state index is 0.0490. The van der Waals surface area contributed by atoms with Crippen LogP contribution in [0.2, 0.25) is 10.0 Å². The van der Waals surface area contributed by atoms with Gasteiger partial charge in [-0.3, -0.25) is 28.5 Å². The van der Waals surface area contributed by atoms with Crippen molar-refractivity contribution in [2.75, 3.05) is 30.5 Å². The lowest BCUT2D eigenvalue weighted by atomic mass is 10.2. The molecule has 1 unspecified atom stereocenters. The minimum atomic E-state index is -2.57. The Morgan fingerprint density at radius 2 is 1.97 bits per heavy atom. The number of hydrogen-bond donors (Lipinski definition) is 2. The summed E-state index contributed by atoms with van der Waals surface area (Å²) in [7, 11) is 0. The molecule has 0 saturated heterocycles. The molecule has 17 heteroatoms. The van der Waals surface area contributed by atoms with Crippen molar-refractivity contribution in [3.63, 3.8) is 0 Å². The van der Waals surface area contributed by atoms with Gasteiger partial charge in [-0.25, -0.2) is 13.3 Å². The lowest BCUT2D eigenvalue weighted by Crippen LogP contribution is -2.45. The summed E-state index contributed by atoms with van der Waals surface area (Å²) in [4.78, 5) is 52.1. The molecule has 0 saturated carbocycles. The van der Waals surface area contributed by atoms with Gasteiger partial charge in [0.1, 0.15) is 13.1 Å². The molecule has 3 rings (SSSR count). The van der Waals surface area contributed by atoms with Gasteiger partial charge >= 0.3 is 11.7 Å². The fourth-order valence-electron chi connectivity index (χ4n) is 3.17. The van der Waals surface area contributed by atoms with Crippen molar-refractivity contribution < 1.29 is 23.1 Å². The summed E-state index contributed by atoms with van der Waals surface area (Å²) < 4.78 is 28.9. The lowest BCUT2D eigenvalue weighted by Gasteiger charge is -2.25. The highest BCUT2D eigenvalue weighted by Gasteiger charge is 2.24. The van der Waals surface area contributed by atoms with E-state index in [9.17, 15) is 27.9 Å². The molecule has 2 heterocycles. The molecule has 1 amide bonds. The van der Waals surface area contributed by atoms with Crippen LogP contribution in [0.5, 0.6) is 0 Å². The number of ether oxygens (including phenoxy) is 1. The second-order valence-electron chi connectivity index (χ2n) is 7.67. The van der Waals surface area contributed by atoms with Crippen LogP contribution in [-0.4, -0.2) is 71.5 Å². The Hall–Kier alpha value is -3.11. The molecule has 0 bridgehead atoms. The molecule has 0 spiro atoms. The Morgan fingerprint density at radius 1 is 1.24 bits per heavy atom. The van der Waals surface area contributed by atoms with Crippen molar-refractivity contribution in [2.24, 2.45) is 0 Å². The van der Waals surface area contributed by atoms with Crippen molar-refractivity contribution in [1.82, 2.24) is 24.6 Å². The van der Waals surface area contributed by atoms with Gasteiger partial charge in [0.2, 0.25) is 11.0 Å². The molecule has 0 fully saturated rings. The van der Waals surface area contributed by atoms with E-state index in [1.165, 1.54) is 13.1 Å². The Morgan fingerprint density at radius 3 is 2.66 bits per heavy atom. The number of carbonyl (C=O) groups excluding carboxylic acids is 2. The lowest BCUT2D eigenvalue weighted by molar-refractivity contribution is -0.149. The fourth-order valence-corrected chi connectivity index (χ4v) is 5.13. The number of nitrogens with zero attached hydrogens (tertiary/aromatic N) is 5. The predicted molar refractivity (Wildman–Crippen MR) is 143 cm³/mol. The van der Waals surface area contributed by atoms with Gasteiger partial charge in [0.25, 0.3) is 16.8 Å². The van der Waals surface area contributed by atoms with Gasteiger partial charge in [0, 0.05) is 28.9 Å². The molecule has 1 atom stereocenters. The zero-order valence-electron chi connectivity index (χ0n) is 20.1. The van der Waals surface area contributed by atoms with Crippen LogP contribution < -0.4 is 15.6 Å². The maximum atomic E-state index is 13.0. The van der Waals surface area contributed by atoms with Crippen molar-refractivity contribution in [3.8, 4) is 10.6 Å². The number of carbonyl (C=O) groups is 2. The molecule has 0 aliphatic rings. The minimum Gasteiger partial charge on any atom is -0.465 e. The van der Waals surface area contributed by atoms with E-state index < -0.39 is 47.5 Å². The molecule has 3 aromatic rings. The van der Waals surface area contributed by atoms with Crippen LogP contribution in [0.4, 0.5) is 5.13 Å². The Labute approximate surface area is 232 Å². The molecule has 2 aromatic heterocycles. The van der Waals surface area contributed by atoms with E-state index in [2.05, 4.69) is 15.2 Å². The average Bonchev–Trinajstić information content (AvgIpc) is 3.33. The van der Waals surface area contributed by atoms with Gasteiger partial charge in [-0.15, -0.1) is 10.2 Å². The van der Waals surface area contributed by atoms with Crippen LogP contribution in [0.1, 0.15) is 12.5 Å². The first-order valence-electron chi connectivity index (χ1n) is 10.9. The van der Waals surface area contributed by atoms with Crippen molar-refractivity contribution >= 4 is 62.8 Å². The highest BCUT2D eigenvalue weighted by atomic mass is 35.5. The first-order chi connectivity index (χ1) is 18.0. The molecular weight excluding hydrogens is 583 g/mol. The highest BCUT2D eigenvalue weighted by Crippen LogP contribution is 2.35. The third kappa shape index (κ3) is 7.48. The number of rotatable bonds is 11. The number of hydrogen-bond acceptors (Lipinski definition) is 9. The van der Waals surface area contributed by atoms with Gasteiger partial charge < -0.3 is 9.64 Å². The van der Waals surface area contributed by atoms with Crippen LogP contribution >= 0.6 is 34.5 Å². The van der Waals surface area contributed by atoms with Crippen molar-refractivity contribution in [2.45, 2.75) is 20.4 Å². The van der Waals surface area contributed by atoms with Gasteiger partial charge in [-0.1, -0.05) is 34.5 Å². The molecule has 0 aliphatic carbocycles. The molecule has 13 nitrogen and oxygen atoms in total.